The van der Waals surface area contributed by atoms with Gasteiger partial charge < -0.3 is 9.79 Å². The molecule has 0 aromatic heterocycles. The minimum atomic E-state index is -4.08. The van der Waals surface area contributed by atoms with Gasteiger partial charge in [-0.2, -0.15) is 0 Å². The zero-order valence-electron chi connectivity index (χ0n) is 6.34. The van der Waals surface area contributed by atoms with Crippen LogP contribution in [0.1, 0.15) is 5.56 Å². The Morgan fingerprint density at radius 1 is 1.23 bits per heavy atom. The fourth-order valence-corrected chi connectivity index (χ4v) is 1.34. The Hall–Kier alpha value is 0.110. The van der Waals surface area contributed by atoms with E-state index < -0.39 is 7.60 Å². The molecule has 0 aliphatic rings. The van der Waals surface area contributed by atoms with Crippen molar-refractivity contribution < 1.29 is 14.4 Å². The van der Waals surface area contributed by atoms with E-state index in [4.69, 9.17) is 9.79 Å². The van der Waals surface area contributed by atoms with E-state index in [2.05, 4.69) is 6.58 Å². The van der Waals surface area contributed by atoms with Gasteiger partial charge in [-0.05, 0) is 17.7 Å². The number of hydrogen-bond donors (Lipinski definition) is 2. The van der Waals surface area contributed by atoms with E-state index in [0.29, 0.717) is 0 Å². The summed E-state index contributed by atoms with van der Waals surface area (Å²) in [6, 6.07) is 6.03. The summed E-state index contributed by atoms with van der Waals surface area (Å²) in [7, 11) is -4.08. The van der Waals surface area contributed by atoms with E-state index >= 15 is 0 Å². The van der Waals surface area contributed by atoms with Crippen LogP contribution in [0.5, 0.6) is 0 Å². The first-order chi connectivity index (χ1) is 5.54. The van der Waals surface area contributed by atoms with Gasteiger partial charge in [0.2, 0.25) is 0 Å². The van der Waals surface area contributed by atoms with Crippen molar-refractivity contribution in [2.24, 2.45) is 0 Å². The fraction of sp³-hybridized carbons (Fsp3) is 0. The first-order valence-electron chi connectivity index (χ1n) is 3.32. The molecule has 0 atom stereocenters. The van der Waals surface area contributed by atoms with E-state index in [0.717, 1.165) is 5.56 Å². The van der Waals surface area contributed by atoms with Crippen LogP contribution >= 0.6 is 7.60 Å². The molecule has 0 fully saturated rings. The van der Waals surface area contributed by atoms with Crippen LogP contribution in [0.2, 0.25) is 0 Å². The molecule has 1 aromatic carbocycles. The molecule has 66 valence electrons. The summed E-state index contributed by atoms with van der Waals surface area (Å²) in [6.45, 7) is 3.53. The van der Waals surface area contributed by atoms with Crippen LogP contribution in [0.15, 0.2) is 30.8 Å². The van der Waals surface area contributed by atoms with Gasteiger partial charge in [0.25, 0.3) is 0 Å². The number of benzene rings is 1. The van der Waals surface area contributed by atoms with Crippen molar-refractivity contribution in [1.82, 2.24) is 0 Å². The van der Waals surface area contributed by atoms with Gasteiger partial charge in [0.1, 0.15) is 0 Å². The molecule has 13 heavy (non-hydrogen) atoms. The monoisotopic (exact) mass is 208 g/mol. The molecular formula is C8H10NaO3P. The van der Waals surface area contributed by atoms with Gasteiger partial charge in [-0.3, -0.25) is 4.57 Å². The zero-order valence-corrected chi connectivity index (χ0v) is 7.24. The van der Waals surface area contributed by atoms with Crippen molar-refractivity contribution in [2.75, 3.05) is 0 Å². The quantitative estimate of drug-likeness (QED) is 0.549. The topological polar surface area (TPSA) is 57.5 Å². The van der Waals surface area contributed by atoms with E-state index in [1.807, 2.05) is 0 Å². The van der Waals surface area contributed by atoms with Gasteiger partial charge in [0, 0.05) is 0 Å². The summed E-state index contributed by atoms with van der Waals surface area (Å²) in [5.41, 5.74) is 0.840. The molecule has 2 N–H and O–H groups in total. The van der Waals surface area contributed by atoms with Crippen molar-refractivity contribution in [2.45, 2.75) is 0 Å². The molecular weight excluding hydrogens is 198 g/mol. The molecule has 1 rings (SSSR count). The van der Waals surface area contributed by atoms with E-state index in [1.54, 1.807) is 18.2 Å². The Labute approximate surface area is 98.9 Å². The molecule has 0 spiro atoms. The molecule has 0 bridgehead atoms. The summed E-state index contributed by atoms with van der Waals surface area (Å²) < 4.78 is 10.7. The van der Waals surface area contributed by atoms with Gasteiger partial charge in [-0.1, -0.05) is 24.8 Å². The molecule has 5 heteroatoms. The fourth-order valence-electron chi connectivity index (χ4n) is 0.805. The first-order valence-corrected chi connectivity index (χ1v) is 4.94. The van der Waals surface area contributed by atoms with Gasteiger partial charge in [-0.15, -0.1) is 0 Å². The SMILES string of the molecule is C=Cc1ccc(P(=O)(O)O)cc1.[NaH]. The second-order valence-electron chi connectivity index (χ2n) is 2.34. The van der Waals surface area contributed by atoms with Gasteiger partial charge in [-0.25, -0.2) is 0 Å². The maximum absolute atomic E-state index is 10.7. The number of rotatable bonds is 2. The van der Waals surface area contributed by atoms with Crippen molar-refractivity contribution in [3.05, 3.63) is 36.4 Å². The first kappa shape index (κ1) is 13.1. The normalized spacial score (nSPS) is 10.3. The molecule has 1 aromatic rings. The van der Waals surface area contributed by atoms with Crippen LogP contribution in [0.25, 0.3) is 6.08 Å². The predicted molar refractivity (Wildman–Crippen MR) is 55.4 cm³/mol. The predicted octanol–water partition coefficient (Wildman–Crippen LogP) is 0.484. The van der Waals surface area contributed by atoms with Crippen LogP contribution in [-0.4, -0.2) is 39.3 Å². The average Bonchev–Trinajstić information content (AvgIpc) is 2.03. The van der Waals surface area contributed by atoms with Crippen molar-refractivity contribution in [3.63, 3.8) is 0 Å². The van der Waals surface area contributed by atoms with E-state index in [1.165, 1.54) is 12.1 Å². The van der Waals surface area contributed by atoms with E-state index in [-0.39, 0.29) is 34.9 Å². The van der Waals surface area contributed by atoms with Crippen molar-refractivity contribution in [3.8, 4) is 0 Å². The Balaban J connectivity index is 0.00000144. The molecule has 0 amide bonds. The van der Waals surface area contributed by atoms with Crippen LogP contribution in [0.3, 0.4) is 0 Å². The maximum atomic E-state index is 10.7. The minimum absolute atomic E-state index is 0. The third-order valence-corrected chi connectivity index (χ3v) is 2.44. The third-order valence-electron chi connectivity index (χ3n) is 1.47. The average molecular weight is 208 g/mol. The molecule has 0 saturated carbocycles. The van der Waals surface area contributed by atoms with Crippen LogP contribution in [-0.2, 0) is 4.57 Å². The van der Waals surface area contributed by atoms with Crippen molar-refractivity contribution >= 4 is 48.5 Å². The molecule has 0 aliphatic heterocycles. The number of hydrogen-bond acceptors (Lipinski definition) is 1. The summed E-state index contributed by atoms with van der Waals surface area (Å²) in [6.07, 6.45) is 1.61. The Morgan fingerprint density at radius 2 is 1.69 bits per heavy atom. The molecule has 0 heterocycles. The standard InChI is InChI=1S/C8H9O3P.Na.H/c1-2-7-3-5-8(6-4-7)12(9,10)11;;/h2-6H,1H2,(H2,9,10,11);;. The molecule has 0 unspecified atom stereocenters. The zero-order chi connectivity index (χ0) is 9.19. The molecule has 0 aliphatic carbocycles. The second kappa shape index (κ2) is 5.11. The summed E-state index contributed by atoms with van der Waals surface area (Å²) in [4.78, 5) is 17.5. The third kappa shape index (κ3) is 3.77. The summed E-state index contributed by atoms with van der Waals surface area (Å²) in [5.74, 6) is 0. The van der Waals surface area contributed by atoms with Crippen molar-refractivity contribution in [1.29, 1.82) is 0 Å². The summed E-state index contributed by atoms with van der Waals surface area (Å²) in [5, 5.41) is 0.0353. The van der Waals surface area contributed by atoms with Gasteiger partial charge in [0.05, 0.1) is 5.30 Å². The summed E-state index contributed by atoms with van der Waals surface area (Å²) >= 11 is 0. The Kier molecular flexibility index (Phi) is 5.15. The molecule has 3 nitrogen and oxygen atoms in total. The van der Waals surface area contributed by atoms with Crippen LogP contribution in [0, 0.1) is 0 Å². The molecule has 0 radical (unpaired) electrons. The van der Waals surface area contributed by atoms with Gasteiger partial charge in [0.15, 0.2) is 0 Å². The Bertz CT molecular complexity index is 328. The molecule has 0 saturated heterocycles. The van der Waals surface area contributed by atoms with Crippen LogP contribution in [0.4, 0.5) is 0 Å². The second-order valence-corrected chi connectivity index (χ2v) is 3.94. The van der Waals surface area contributed by atoms with Crippen LogP contribution < -0.4 is 5.30 Å². The van der Waals surface area contributed by atoms with Gasteiger partial charge >= 0.3 is 37.2 Å². The van der Waals surface area contributed by atoms with E-state index in [9.17, 15) is 4.57 Å². The Morgan fingerprint density at radius 3 is 2.00 bits per heavy atom.